The van der Waals surface area contributed by atoms with Crippen LogP contribution in [0.1, 0.15) is 34.0 Å². The van der Waals surface area contributed by atoms with Crippen LogP contribution in [0.15, 0.2) is 72.8 Å². The highest BCUT2D eigenvalue weighted by Crippen LogP contribution is 2.37. The van der Waals surface area contributed by atoms with Crippen molar-refractivity contribution in [2.75, 3.05) is 12.0 Å². The van der Waals surface area contributed by atoms with Crippen molar-refractivity contribution in [3.05, 3.63) is 95.1 Å². The summed E-state index contributed by atoms with van der Waals surface area (Å²) >= 11 is 0. The molecule has 0 saturated carbocycles. The Labute approximate surface area is 195 Å². The summed E-state index contributed by atoms with van der Waals surface area (Å²) in [7, 11) is 1.53. The summed E-state index contributed by atoms with van der Waals surface area (Å²) in [4.78, 5) is 28.3. The number of nitrogens with one attached hydrogen (secondary N) is 1. The van der Waals surface area contributed by atoms with Crippen LogP contribution >= 0.6 is 0 Å². The van der Waals surface area contributed by atoms with Gasteiger partial charge >= 0.3 is 6.18 Å². The quantitative estimate of drug-likeness (QED) is 0.574. The van der Waals surface area contributed by atoms with Crippen molar-refractivity contribution in [3.8, 4) is 5.75 Å². The minimum Gasteiger partial charge on any atom is -0.496 e. The molecule has 34 heavy (non-hydrogen) atoms. The van der Waals surface area contributed by atoms with E-state index in [1.807, 2.05) is 18.2 Å². The number of hydrogen-bond donors (Lipinski definition) is 1. The number of carbonyl (C=O) groups excluding carboxylic acids is 2. The van der Waals surface area contributed by atoms with Gasteiger partial charge in [-0.1, -0.05) is 36.4 Å². The predicted octanol–water partition coefficient (Wildman–Crippen LogP) is 4.99. The summed E-state index contributed by atoms with van der Waals surface area (Å²) < 4.78 is 44.6. The van der Waals surface area contributed by atoms with Crippen LogP contribution in [-0.2, 0) is 23.9 Å². The van der Waals surface area contributed by atoms with Gasteiger partial charge in [-0.05, 0) is 48.9 Å². The van der Waals surface area contributed by atoms with Gasteiger partial charge in [-0.2, -0.15) is 13.2 Å². The number of benzene rings is 3. The van der Waals surface area contributed by atoms with E-state index in [1.54, 1.807) is 37.3 Å². The van der Waals surface area contributed by atoms with E-state index in [0.717, 1.165) is 17.7 Å². The predicted molar refractivity (Wildman–Crippen MR) is 122 cm³/mol. The number of rotatable bonds is 5. The molecule has 0 radical (unpaired) electrons. The van der Waals surface area contributed by atoms with Gasteiger partial charge in [0.15, 0.2) is 0 Å². The smallest absolute Gasteiger partial charge is 0.416 e. The third-order valence-electron chi connectivity index (χ3n) is 6.05. The monoisotopic (exact) mass is 468 g/mol. The summed E-state index contributed by atoms with van der Waals surface area (Å²) in [6, 6.07) is 18.4. The van der Waals surface area contributed by atoms with E-state index in [0.29, 0.717) is 16.9 Å². The molecule has 8 heteroatoms. The largest absolute Gasteiger partial charge is 0.496 e. The molecule has 1 aliphatic rings. The Balaban J connectivity index is 1.71. The zero-order valence-electron chi connectivity index (χ0n) is 18.6. The first-order chi connectivity index (χ1) is 16.1. The lowest BCUT2D eigenvalue weighted by Gasteiger charge is -2.44. The highest BCUT2D eigenvalue weighted by atomic mass is 19.4. The van der Waals surface area contributed by atoms with E-state index in [-0.39, 0.29) is 18.7 Å². The topological polar surface area (TPSA) is 58.6 Å². The van der Waals surface area contributed by atoms with Crippen molar-refractivity contribution in [2.24, 2.45) is 0 Å². The van der Waals surface area contributed by atoms with Crippen LogP contribution in [0.2, 0.25) is 0 Å². The average Bonchev–Trinajstić information content (AvgIpc) is 2.82. The van der Waals surface area contributed by atoms with Crippen LogP contribution in [0.4, 0.5) is 18.9 Å². The van der Waals surface area contributed by atoms with Crippen molar-refractivity contribution < 1.29 is 27.5 Å². The minimum atomic E-state index is -4.51. The Morgan fingerprint density at radius 3 is 2.35 bits per heavy atom. The molecular formula is C26H23F3N2O3. The minimum absolute atomic E-state index is 0.162. The Hall–Kier alpha value is -3.81. The van der Waals surface area contributed by atoms with Gasteiger partial charge in [0.2, 0.25) is 5.91 Å². The molecule has 3 aromatic rings. The third kappa shape index (κ3) is 4.23. The fraction of sp³-hybridized carbons (Fsp3) is 0.231. The first kappa shape index (κ1) is 23.4. The van der Waals surface area contributed by atoms with Gasteiger partial charge in [0, 0.05) is 29.8 Å². The van der Waals surface area contributed by atoms with Gasteiger partial charge in [0.25, 0.3) is 5.91 Å². The molecule has 0 unspecified atom stereocenters. The molecule has 1 heterocycles. The summed E-state index contributed by atoms with van der Waals surface area (Å²) in [5, 5.41) is 2.88. The fourth-order valence-corrected chi connectivity index (χ4v) is 4.28. The van der Waals surface area contributed by atoms with Crippen LogP contribution < -0.4 is 15.0 Å². The number of hydrogen-bond acceptors (Lipinski definition) is 3. The van der Waals surface area contributed by atoms with E-state index in [9.17, 15) is 22.8 Å². The van der Waals surface area contributed by atoms with E-state index in [4.69, 9.17) is 4.74 Å². The molecule has 0 spiro atoms. The Morgan fingerprint density at radius 2 is 1.68 bits per heavy atom. The second kappa shape index (κ2) is 8.85. The standard InChI is InChI=1S/C26H23F3N2O3/c1-25(24(33)30-16-18-8-4-6-10-22(18)34-2)15-17-7-3-5-9-21(17)23(32)31(25)20-13-11-19(12-14-20)26(27,28)29/h3-14H,15-16H2,1-2H3,(H,30,33)/t25-/m1/s1. The zero-order valence-corrected chi connectivity index (χ0v) is 18.6. The highest BCUT2D eigenvalue weighted by molar-refractivity contribution is 6.14. The molecule has 0 bridgehead atoms. The van der Waals surface area contributed by atoms with E-state index in [2.05, 4.69) is 5.32 Å². The molecule has 3 aromatic carbocycles. The number of amides is 2. The van der Waals surface area contributed by atoms with E-state index >= 15 is 0 Å². The maximum atomic E-state index is 13.5. The second-order valence-electron chi connectivity index (χ2n) is 8.29. The van der Waals surface area contributed by atoms with Gasteiger partial charge in [-0.15, -0.1) is 0 Å². The van der Waals surface area contributed by atoms with Crippen molar-refractivity contribution >= 4 is 17.5 Å². The number of nitrogens with zero attached hydrogens (tertiary/aromatic N) is 1. The maximum absolute atomic E-state index is 13.5. The first-order valence-electron chi connectivity index (χ1n) is 10.6. The molecule has 0 saturated heterocycles. The van der Waals surface area contributed by atoms with Gasteiger partial charge in [-0.25, -0.2) is 0 Å². The first-order valence-corrected chi connectivity index (χ1v) is 10.6. The molecule has 0 aliphatic carbocycles. The van der Waals surface area contributed by atoms with Crippen LogP contribution in [0.3, 0.4) is 0 Å². The summed E-state index contributed by atoms with van der Waals surface area (Å²) in [5.41, 5.74) is -0.118. The van der Waals surface area contributed by atoms with Crippen molar-refractivity contribution in [3.63, 3.8) is 0 Å². The van der Waals surface area contributed by atoms with Crippen molar-refractivity contribution in [2.45, 2.75) is 31.6 Å². The molecule has 1 aliphatic heterocycles. The number of alkyl halides is 3. The van der Waals surface area contributed by atoms with Crippen LogP contribution in [0.5, 0.6) is 5.75 Å². The molecular weight excluding hydrogens is 445 g/mol. The van der Waals surface area contributed by atoms with Crippen LogP contribution in [0, 0.1) is 0 Å². The van der Waals surface area contributed by atoms with Gasteiger partial charge in [-0.3, -0.25) is 14.5 Å². The van der Waals surface area contributed by atoms with Gasteiger partial charge < -0.3 is 10.1 Å². The highest BCUT2D eigenvalue weighted by Gasteiger charge is 2.47. The third-order valence-corrected chi connectivity index (χ3v) is 6.05. The van der Waals surface area contributed by atoms with Gasteiger partial charge in [0.1, 0.15) is 11.3 Å². The number of fused-ring (bicyclic) bond motifs is 1. The van der Waals surface area contributed by atoms with E-state index < -0.39 is 29.1 Å². The van der Waals surface area contributed by atoms with E-state index in [1.165, 1.54) is 24.1 Å². The molecule has 0 aromatic heterocycles. The molecule has 2 amide bonds. The van der Waals surface area contributed by atoms with Crippen LogP contribution in [0.25, 0.3) is 0 Å². The molecule has 176 valence electrons. The molecule has 4 rings (SSSR count). The molecule has 1 atom stereocenters. The summed E-state index contributed by atoms with van der Waals surface area (Å²) in [5.74, 6) is -0.268. The normalized spacial score (nSPS) is 17.8. The summed E-state index contributed by atoms with van der Waals surface area (Å²) in [6.07, 6.45) is -4.31. The average molecular weight is 468 g/mol. The number of halogens is 3. The lowest BCUT2D eigenvalue weighted by atomic mass is 9.82. The summed E-state index contributed by atoms with van der Waals surface area (Å²) in [6.45, 7) is 1.78. The molecule has 5 nitrogen and oxygen atoms in total. The van der Waals surface area contributed by atoms with Crippen LogP contribution in [-0.4, -0.2) is 24.5 Å². The number of para-hydroxylation sites is 1. The second-order valence-corrected chi connectivity index (χ2v) is 8.29. The van der Waals surface area contributed by atoms with Crippen molar-refractivity contribution in [1.82, 2.24) is 5.32 Å². The number of methoxy groups -OCH3 is 1. The molecule has 1 N–H and O–H groups in total. The lowest BCUT2D eigenvalue weighted by molar-refractivity contribution is -0.137. The molecule has 0 fully saturated rings. The Morgan fingerprint density at radius 1 is 1.03 bits per heavy atom. The fourth-order valence-electron chi connectivity index (χ4n) is 4.28. The Kier molecular flexibility index (Phi) is 6.08. The number of carbonyl (C=O) groups is 2. The lowest BCUT2D eigenvalue weighted by Crippen LogP contribution is -2.63. The Bertz CT molecular complexity index is 1220. The maximum Gasteiger partial charge on any atom is 0.416 e. The number of ether oxygens (including phenoxy) is 1. The number of anilines is 1. The van der Waals surface area contributed by atoms with Gasteiger partial charge in [0.05, 0.1) is 12.7 Å². The SMILES string of the molecule is COc1ccccc1CNC(=O)[C@@]1(C)Cc2ccccc2C(=O)N1c1ccc(C(F)(F)F)cc1. The van der Waals surface area contributed by atoms with Crippen molar-refractivity contribution in [1.29, 1.82) is 0 Å². The zero-order chi connectivity index (χ0) is 24.5.